The number of nitrogens with zero attached hydrogens (tertiary/aromatic N) is 1. The van der Waals surface area contributed by atoms with Gasteiger partial charge in [-0.3, -0.25) is 4.79 Å². The summed E-state index contributed by atoms with van der Waals surface area (Å²) in [6, 6.07) is 4.09. The number of aromatic nitrogens is 1. The van der Waals surface area contributed by atoms with E-state index in [0.717, 1.165) is 59.4 Å². The van der Waals surface area contributed by atoms with E-state index in [4.69, 9.17) is 4.74 Å². The van der Waals surface area contributed by atoms with Gasteiger partial charge in [0, 0.05) is 18.7 Å². The largest absolute Gasteiger partial charge is 0.496 e. The number of methoxy groups -OCH3 is 1. The number of pyridine rings is 1. The molecule has 2 heterocycles. The Balaban J connectivity index is 0.00000132. The minimum Gasteiger partial charge on any atom is -0.496 e. The maximum atomic E-state index is 12.3. The van der Waals surface area contributed by atoms with E-state index in [0.29, 0.717) is 0 Å². The van der Waals surface area contributed by atoms with Crippen molar-refractivity contribution in [3.63, 3.8) is 0 Å². The predicted octanol–water partition coefficient (Wildman–Crippen LogP) is 2.80. The highest BCUT2D eigenvalue weighted by Crippen LogP contribution is 2.35. The average molecular weight is 360 g/mol. The van der Waals surface area contributed by atoms with E-state index in [1.54, 1.807) is 7.11 Å². The fraction of sp³-hybridized carbons (Fsp3) is 0.438. The third-order valence-electron chi connectivity index (χ3n) is 3.86. The van der Waals surface area contributed by atoms with E-state index in [1.165, 1.54) is 0 Å². The topological polar surface area (TPSA) is 57.4 Å². The van der Waals surface area contributed by atoms with Gasteiger partial charge >= 0.3 is 0 Å². The Hall–Kier alpha value is -1.43. The molecule has 0 spiro atoms. The van der Waals surface area contributed by atoms with Crippen LogP contribution in [0, 0.1) is 0 Å². The maximum Gasteiger partial charge on any atom is 0.253 e. The lowest BCUT2D eigenvalue weighted by Gasteiger charge is -2.21. The van der Waals surface area contributed by atoms with E-state index in [2.05, 4.69) is 21.3 Å². The van der Waals surface area contributed by atoms with Crippen LogP contribution in [0.5, 0.6) is 5.75 Å². The third-order valence-corrected chi connectivity index (χ3v) is 3.86. The van der Waals surface area contributed by atoms with Gasteiger partial charge < -0.3 is 19.9 Å². The first-order valence-electron chi connectivity index (χ1n) is 7.24. The molecule has 2 aromatic rings. The molecular weight excluding hydrogens is 337 g/mol. The van der Waals surface area contributed by atoms with Gasteiger partial charge in [0.25, 0.3) is 5.56 Å². The van der Waals surface area contributed by atoms with Crippen LogP contribution in [-0.4, -0.2) is 37.6 Å². The molecule has 1 aliphatic rings. The van der Waals surface area contributed by atoms with Gasteiger partial charge in [-0.15, -0.1) is 24.8 Å². The van der Waals surface area contributed by atoms with Crippen molar-refractivity contribution in [2.45, 2.75) is 19.4 Å². The molecule has 0 fully saturated rings. The Labute approximate surface area is 148 Å². The summed E-state index contributed by atoms with van der Waals surface area (Å²) < 4.78 is 5.58. The van der Waals surface area contributed by atoms with E-state index >= 15 is 0 Å². The van der Waals surface area contributed by atoms with Gasteiger partial charge in [-0.1, -0.05) is 0 Å². The molecule has 0 saturated carbocycles. The number of aromatic amines is 1. The number of ether oxygens (including phenoxy) is 1. The zero-order chi connectivity index (χ0) is 15.0. The standard InChI is InChI=1S/C16H21N3O2.2ClH/c1-19(2)9-10-7-12-14(13(8-10)21-3)15-11(16(20)18-12)5-4-6-17-15;;/h7-8,17H,4-6,9H2,1-3H3,(H,18,20);2*1H. The summed E-state index contributed by atoms with van der Waals surface area (Å²) >= 11 is 0. The lowest BCUT2D eigenvalue weighted by atomic mass is 9.99. The number of nitrogens with one attached hydrogen (secondary N) is 2. The highest BCUT2D eigenvalue weighted by Gasteiger charge is 2.19. The van der Waals surface area contributed by atoms with Gasteiger partial charge in [0.1, 0.15) is 5.75 Å². The zero-order valence-electron chi connectivity index (χ0n) is 13.6. The predicted molar refractivity (Wildman–Crippen MR) is 99.8 cm³/mol. The molecule has 0 radical (unpaired) electrons. The minimum absolute atomic E-state index is 0. The number of H-pyrrole nitrogens is 1. The summed E-state index contributed by atoms with van der Waals surface area (Å²) in [6.07, 6.45) is 1.80. The first-order chi connectivity index (χ1) is 10.1. The molecule has 1 aromatic carbocycles. The monoisotopic (exact) mass is 359 g/mol. The van der Waals surface area contributed by atoms with Crippen LogP contribution in [0.3, 0.4) is 0 Å². The average Bonchev–Trinajstić information content (AvgIpc) is 2.45. The molecule has 0 unspecified atom stereocenters. The summed E-state index contributed by atoms with van der Waals surface area (Å²) in [5.74, 6) is 0.811. The molecule has 7 heteroatoms. The molecule has 128 valence electrons. The van der Waals surface area contributed by atoms with Crippen LogP contribution < -0.4 is 15.6 Å². The smallest absolute Gasteiger partial charge is 0.253 e. The summed E-state index contributed by atoms with van der Waals surface area (Å²) in [5.41, 5.74) is 3.74. The second-order valence-corrected chi connectivity index (χ2v) is 5.80. The SMILES string of the molecule is COc1cc(CN(C)C)cc2[nH]c(=O)c3c(c12)NCCC3.Cl.Cl. The number of hydrogen-bond acceptors (Lipinski definition) is 4. The first kappa shape index (κ1) is 19.6. The van der Waals surface area contributed by atoms with Crippen molar-refractivity contribution in [2.24, 2.45) is 0 Å². The highest BCUT2D eigenvalue weighted by atomic mass is 35.5. The summed E-state index contributed by atoms with van der Waals surface area (Å²) in [7, 11) is 5.72. The van der Waals surface area contributed by atoms with Gasteiger partial charge in [-0.25, -0.2) is 0 Å². The van der Waals surface area contributed by atoms with E-state index in [9.17, 15) is 4.79 Å². The highest BCUT2D eigenvalue weighted by molar-refractivity contribution is 5.98. The molecule has 0 amide bonds. The van der Waals surface area contributed by atoms with Crippen molar-refractivity contribution in [1.29, 1.82) is 0 Å². The van der Waals surface area contributed by atoms with Crippen molar-refractivity contribution < 1.29 is 4.74 Å². The molecule has 1 aliphatic heterocycles. The Morgan fingerprint density at radius 3 is 2.65 bits per heavy atom. The minimum atomic E-state index is 0. The molecule has 0 aliphatic carbocycles. The molecule has 0 atom stereocenters. The second-order valence-electron chi connectivity index (χ2n) is 5.80. The Kier molecular flexibility index (Phi) is 6.74. The van der Waals surface area contributed by atoms with Crippen LogP contribution in [0.4, 0.5) is 5.69 Å². The fourth-order valence-electron chi connectivity index (χ4n) is 3.02. The van der Waals surface area contributed by atoms with Crippen LogP contribution in [0.1, 0.15) is 17.5 Å². The summed E-state index contributed by atoms with van der Waals surface area (Å²) in [5, 5.41) is 4.35. The van der Waals surface area contributed by atoms with Crippen molar-refractivity contribution in [2.75, 3.05) is 33.1 Å². The number of hydrogen-bond donors (Lipinski definition) is 2. The van der Waals surface area contributed by atoms with Crippen molar-refractivity contribution in [3.8, 4) is 5.75 Å². The number of benzene rings is 1. The van der Waals surface area contributed by atoms with Crippen molar-refractivity contribution >= 4 is 41.4 Å². The Morgan fingerprint density at radius 2 is 2.00 bits per heavy atom. The summed E-state index contributed by atoms with van der Waals surface area (Å²) in [6.45, 7) is 1.70. The molecule has 0 bridgehead atoms. The van der Waals surface area contributed by atoms with Crippen LogP contribution >= 0.6 is 24.8 Å². The quantitative estimate of drug-likeness (QED) is 0.884. The lowest BCUT2D eigenvalue weighted by Crippen LogP contribution is -2.22. The Morgan fingerprint density at radius 1 is 1.26 bits per heavy atom. The van der Waals surface area contributed by atoms with Gasteiger partial charge in [-0.05, 0) is 44.6 Å². The van der Waals surface area contributed by atoms with E-state index in [1.807, 2.05) is 20.2 Å². The first-order valence-corrected chi connectivity index (χ1v) is 7.24. The van der Waals surface area contributed by atoms with Gasteiger partial charge in [0.15, 0.2) is 0 Å². The van der Waals surface area contributed by atoms with Crippen LogP contribution in [-0.2, 0) is 13.0 Å². The molecular formula is C16H23Cl2N3O2. The lowest BCUT2D eigenvalue weighted by molar-refractivity contribution is 0.397. The molecule has 5 nitrogen and oxygen atoms in total. The normalized spacial score (nSPS) is 12.9. The molecule has 0 saturated heterocycles. The number of anilines is 1. The molecule has 1 aromatic heterocycles. The third kappa shape index (κ3) is 3.74. The summed E-state index contributed by atoms with van der Waals surface area (Å²) in [4.78, 5) is 17.4. The van der Waals surface area contributed by atoms with Crippen LogP contribution in [0.2, 0.25) is 0 Å². The molecule has 2 N–H and O–H groups in total. The van der Waals surface area contributed by atoms with Crippen LogP contribution in [0.15, 0.2) is 16.9 Å². The zero-order valence-corrected chi connectivity index (χ0v) is 15.2. The fourth-order valence-corrected chi connectivity index (χ4v) is 3.02. The Bertz CT molecular complexity index is 744. The second kappa shape index (κ2) is 7.90. The van der Waals surface area contributed by atoms with Crippen LogP contribution in [0.25, 0.3) is 10.9 Å². The molecule has 23 heavy (non-hydrogen) atoms. The van der Waals surface area contributed by atoms with Crippen molar-refractivity contribution in [1.82, 2.24) is 9.88 Å². The van der Waals surface area contributed by atoms with E-state index < -0.39 is 0 Å². The molecule has 3 rings (SSSR count). The van der Waals surface area contributed by atoms with Crippen molar-refractivity contribution in [3.05, 3.63) is 33.6 Å². The van der Waals surface area contributed by atoms with E-state index in [-0.39, 0.29) is 30.4 Å². The van der Waals surface area contributed by atoms with Gasteiger partial charge in [0.2, 0.25) is 0 Å². The number of halogens is 2. The number of rotatable bonds is 3. The van der Waals surface area contributed by atoms with Gasteiger partial charge in [-0.2, -0.15) is 0 Å². The maximum absolute atomic E-state index is 12.3. The van der Waals surface area contributed by atoms with Gasteiger partial charge in [0.05, 0.1) is 23.7 Å². The number of fused-ring (bicyclic) bond motifs is 3.